The summed E-state index contributed by atoms with van der Waals surface area (Å²) in [6.45, 7) is 2.67. The summed E-state index contributed by atoms with van der Waals surface area (Å²) in [7, 11) is 1.83. The van der Waals surface area contributed by atoms with Crippen LogP contribution in [0.3, 0.4) is 0 Å². The zero-order chi connectivity index (χ0) is 14.1. The van der Waals surface area contributed by atoms with Gasteiger partial charge in [-0.1, -0.05) is 18.2 Å². The number of rotatable bonds is 3. The summed E-state index contributed by atoms with van der Waals surface area (Å²) in [6.07, 6.45) is 1.78. The van der Waals surface area contributed by atoms with E-state index in [0.717, 1.165) is 27.8 Å². The lowest BCUT2D eigenvalue weighted by Crippen LogP contribution is -2.06. The minimum Gasteiger partial charge on any atom is -0.384 e. The van der Waals surface area contributed by atoms with Gasteiger partial charge in [-0.05, 0) is 24.6 Å². The van der Waals surface area contributed by atoms with Gasteiger partial charge in [-0.3, -0.25) is 4.68 Å². The maximum absolute atomic E-state index is 5.94. The van der Waals surface area contributed by atoms with E-state index in [-0.39, 0.29) is 0 Å². The highest BCUT2D eigenvalue weighted by molar-refractivity contribution is 5.81. The minimum atomic E-state index is 0.617. The van der Waals surface area contributed by atoms with E-state index < -0.39 is 0 Å². The number of nitrogens with two attached hydrogens (primary N) is 1. The molecular formula is C15H17N5. The maximum atomic E-state index is 5.94. The van der Waals surface area contributed by atoms with E-state index in [1.807, 2.05) is 32.2 Å². The Kier molecular flexibility index (Phi) is 3.02. The summed E-state index contributed by atoms with van der Waals surface area (Å²) >= 11 is 0. The summed E-state index contributed by atoms with van der Waals surface area (Å²) in [5.41, 5.74) is 9.01. The van der Waals surface area contributed by atoms with Crippen LogP contribution < -0.4 is 11.1 Å². The molecule has 0 aliphatic rings. The van der Waals surface area contributed by atoms with E-state index in [1.165, 1.54) is 0 Å². The number of aromatic nitrogens is 3. The lowest BCUT2D eigenvalue weighted by Gasteiger charge is -2.09. The molecule has 0 radical (unpaired) electrons. The highest BCUT2D eigenvalue weighted by atomic mass is 15.3. The third-order valence-electron chi connectivity index (χ3n) is 3.43. The molecule has 0 unspecified atom stereocenters. The molecule has 0 aliphatic carbocycles. The fourth-order valence-electron chi connectivity index (χ4n) is 2.21. The molecule has 3 N–H and O–H groups in total. The molecule has 0 fully saturated rings. The number of anilines is 2. The summed E-state index contributed by atoms with van der Waals surface area (Å²) < 4.78 is 1.66. The van der Waals surface area contributed by atoms with Crippen LogP contribution in [0.4, 0.5) is 11.6 Å². The van der Waals surface area contributed by atoms with Crippen LogP contribution in [-0.2, 0) is 13.6 Å². The van der Waals surface area contributed by atoms with Gasteiger partial charge in [-0.2, -0.15) is 5.10 Å². The van der Waals surface area contributed by atoms with E-state index in [4.69, 9.17) is 5.73 Å². The Morgan fingerprint density at radius 3 is 2.85 bits per heavy atom. The first-order chi connectivity index (χ1) is 9.65. The number of hydrogen-bond donors (Lipinski definition) is 2. The summed E-state index contributed by atoms with van der Waals surface area (Å²) in [6, 6.07) is 10.2. The van der Waals surface area contributed by atoms with E-state index >= 15 is 0 Å². The van der Waals surface area contributed by atoms with Gasteiger partial charge in [0.2, 0.25) is 0 Å². The average molecular weight is 267 g/mol. The van der Waals surface area contributed by atoms with Gasteiger partial charge in [0, 0.05) is 24.5 Å². The third kappa shape index (κ3) is 2.18. The van der Waals surface area contributed by atoms with Crippen molar-refractivity contribution in [2.45, 2.75) is 13.5 Å². The molecule has 3 aromatic rings. The van der Waals surface area contributed by atoms with Gasteiger partial charge in [-0.25, -0.2) is 4.98 Å². The third-order valence-corrected chi connectivity index (χ3v) is 3.43. The molecule has 0 saturated heterocycles. The van der Waals surface area contributed by atoms with Crippen molar-refractivity contribution < 1.29 is 0 Å². The number of nitrogens with one attached hydrogen (secondary N) is 1. The van der Waals surface area contributed by atoms with Crippen LogP contribution in [0.15, 0.2) is 36.5 Å². The molecule has 0 aliphatic heterocycles. The monoisotopic (exact) mass is 267 g/mol. The van der Waals surface area contributed by atoms with Crippen molar-refractivity contribution in [3.63, 3.8) is 0 Å². The van der Waals surface area contributed by atoms with Crippen molar-refractivity contribution in [2.24, 2.45) is 7.05 Å². The van der Waals surface area contributed by atoms with Gasteiger partial charge < -0.3 is 11.1 Å². The molecule has 2 heterocycles. The summed E-state index contributed by atoms with van der Waals surface area (Å²) in [5, 5.41) is 8.61. The number of nitrogens with zero attached hydrogens (tertiary/aromatic N) is 3. The second-order valence-corrected chi connectivity index (χ2v) is 4.88. The van der Waals surface area contributed by atoms with Crippen LogP contribution in [-0.4, -0.2) is 14.8 Å². The first-order valence-corrected chi connectivity index (χ1v) is 6.52. The number of nitrogen functional groups attached to an aromatic ring is 1. The van der Waals surface area contributed by atoms with Gasteiger partial charge in [0.1, 0.15) is 11.6 Å². The number of hydrogen-bond acceptors (Lipinski definition) is 4. The molecule has 102 valence electrons. The number of fused-ring (bicyclic) bond motifs is 1. The molecule has 2 aromatic heterocycles. The first kappa shape index (κ1) is 12.5. The van der Waals surface area contributed by atoms with Crippen molar-refractivity contribution in [2.75, 3.05) is 11.1 Å². The first-order valence-electron chi connectivity index (χ1n) is 6.52. The number of aryl methyl sites for hydroxylation is 2. The van der Waals surface area contributed by atoms with Gasteiger partial charge >= 0.3 is 0 Å². The quantitative estimate of drug-likeness (QED) is 0.765. The SMILES string of the molecule is Cc1cc2ccccc2nc1NCc1cnn(C)c1N. The summed E-state index contributed by atoms with van der Waals surface area (Å²) in [5.74, 6) is 1.56. The van der Waals surface area contributed by atoms with E-state index in [9.17, 15) is 0 Å². The number of pyridine rings is 1. The summed E-state index contributed by atoms with van der Waals surface area (Å²) in [4.78, 5) is 4.65. The van der Waals surface area contributed by atoms with Gasteiger partial charge in [0.15, 0.2) is 0 Å². The van der Waals surface area contributed by atoms with Gasteiger partial charge in [-0.15, -0.1) is 0 Å². The van der Waals surface area contributed by atoms with E-state index in [1.54, 1.807) is 10.9 Å². The van der Waals surface area contributed by atoms with Crippen molar-refractivity contribution in [1.29, 1.82) is 0 Å². The van der Waals surface area contributed by atoms with Crippen LogP contribution in [0.2, 0.25) is 0 Å². The van der Waals surface area contributed by atoms with Crippen LogP contribution in [0, 0.1) is 6.92 Å². The van der Waals surface area contributed by atoms with Crippen LogP contribution >= 0.6 is 0 Å². The Balaban J connectivity index is 1.87. The molecule has 0 bridgehead atoms. The number of benzene rings is 1. The molecule has 5 heteroatoms. The van der Waals surface area contributed by atoms with Crippen molar-refractivity contribution >= 4 is 22.5 Å². The van der Waals surface area contributed by atoms with Crippen molar-refractivity contribution in [3.05, 3.63) is 47.7 Å². The van der Waals surface area contributed by atoms with Gasteiger partial charge in [0.05, 0.1) is 11.7 Å². The highest BCUT2D eigenvalue weighted by Crippen LogP contribution is 2.20. The predicted molar refractivity (Wildman–Crippen MR) is 81.4 cm³/mol. The Hall–Kier alpha value is -2.56. The van der Waals surface area contributed by atoms with E-state index in [0.29, 0.717) is 12.4 Å². The van der Waals surface area contributed by atoms with Crippen molar-refractivity contribution in [1.82, 2.24) is 14.8 Å². The van der Waals surface area contributed by atoms with Crippen molar-refractivity contribution in [3.8, 4) is 0 Å². The molecule has 1 aromatic carbocycles. The van der Waals surface area contributed by atoms with Crippen LogP contribution in [0.5, 0.6) is 0 Å². The Labute approximate surface area is 117 Å². The zero-order valence-electron chi connectivity index (χ0n) is 11.6. The Morgan fingerprint density at radius 2 is 2.10 bits per heavy atom. The smallest absolute Gasteiger partial charge is 0.129 e. The molecule has 20 heavy (non-hydrogen) atoms. The molecule has 3 rings (SSSR count). The standard InChI is InChI=1S/C15H17N5/c1-10-7-11-5-3-4-6-13(11)19-15(10)17-8-12-9-18-20(2)14(12)16/h3-7,9H,8,16H2,1-2H3,(H,17,19). The Morgan fingerprint density at radius 1 is 1.30 bits per heavy atom. The molecule has 5 nitrogen and oxygen atoms in total. The average Bonchev–Trinajstić information content (AvgIpc) is 2.76. The molecular weight excluding hydrogens is 250 g/mol. The second kappa shape index (κ2) is 4.85. The molecule has 0 saturated carbocycles. The fourth-order valence-corrected chi connectivity index (χ4v) is 2.21. The van der Waals surface area contributed by atoms with Crippen LogP contribution in [0.1, 0.15) is 11.1 Å². The van der Waals surface area contributed by atoms with Crippen LogP contribution in [0.25, 0.3) is 10.9 Å². The lowest BCUT2D eigenvalue weighted by atomic mass is 10.1. The van der Waals surface area contributed by atoms with E-state index in [2.05, 4.69) is 27.5 Å². The Bertz CT molecular complexity index is 760. The predicted octanol–water partition coefficient (Wildman–Crippen LogP) is 2.47. The number of para-hydroxylation sites is 1. The maximum Gasteiger partial charge on any atom is 0.129 e. The fraction of sp³-hybridized carbons (Fsp3) is 0.200. The van der Waals surface area contributed by atoms with Gasteiger partial charge in [0.25, 0.3) is 0 Å². The minimum absolute atomic E-state index is 0.617. The molecule has 0 amide bonds. The normalized spacial score (nSPS) is 10.9. The zero-order valence-corrected chi connectivity index (χ0v) is 11.6. The lowest BCUT2D eigenvalue weighted by molar-refractivity contribution is 0.778. The highest BCUT2D eigenvalue weighted by Gasteiger charge is 2.07. The topological polar surface area (TPSA) is 68.8 Å². The molecule has 0 atom stereocenters. The largest absolute Gasteiger partial charge is 0.384 e. The second-order valence-electron chi connectivity index (χ2n) is 4.88. The molecule has 0 spiro atoms.